The topological polar surface area (TPSA) is 80.6 Å². The molecule has 1 saturated carbocycles. The van der Waals surface area contributed by atoms with Crippen molar-refractivity contribution in [2.45, 2.75) is 57.4 Å². The molecule has 0 aromatic rings. The van der Waals surface area contributed by atoms with Gasteiger partial charge in [0, 0.05) is 12.6 Å². The quantitative estimate of drug-likeness (QED) is 0.805. The lowest BCUT2D eigenvalue weighted by Gasteiger charge is -2.33. The van der Waals surface area contributed by atoms with Crippen LogP contribution in [0, 0.1) is 9.81 Å². The second-order valence-corrected chi connectivity index (χ2v) is 6.27. The third-order valence-electron chi connectivity index (χ3n) is 4.65. The summed E-state index contributed by atoms with van der Waals surface area (Å²) < 4.78 is 0. The molecule has 8 nitrogen and oxygen atoms in total. The summed E-state index contributed by atoms with van der Waals surface area (Å²) >= 11 is 0. The van der Waals surface area contributed by atoms with E-state index in [1.807, 2.05) is 0 Å². The van der Waals surface area contributed by atoms with Crippen LogP contribution in [0.25, 0.3) is 0 Å². The van der Waals surface area contributed by atoms with Crippen molar-refractivity contribution in [3.63, 3.8) is 0 Å². The van der Waals surface area contributed by atoms with Crippen molar-refractivity contribution < 1.29 is 0 Å². The molecule has 8 heteroatoms. The van der Waals surface area contributed by atoms with Crippen molar-refractivity contribution in [2.75, 3.05) is 33.1 Å². The molecule has 2 fully saturated rings. The maximum absolute atomic E-state index is 11.0. The highest BCUT2D eigenvalue weighted by Crippen LogP contribution is 2.21. The molecule has 22 heavy (non-hydrogen) atoms. The Morgan fingerprint density at radius 1 is 0.773 bits per heavy atom. The van der Waals surface area contributed by atoms with Crippen LogP contribution in [-0.4, -0.2) is 54.1 Å². The van der Waals surface area contributed by atoms with Crippen LogP contribution in [0.4, 0.5) is 0 Å². The number of nitrogens with zero attached hydrogens (tertiary/aromatic N) is 5. The fourth-order valence-electron chi connectivity index (χ4n) is 3.36. The molecule has 1 aliphatic carbocycles. The van der Waals surface area contributed by atoms with E-state index in [4.69, 9.17) is 0 Å². The van der Waals surface area contributed by atoms with Crippen LogP contribution in [0.1, 0.15) is 51.4 Å². The minimum atomic E-state index is 0.346. The van der Waals surface area contributed by atoms with E-state index in [0.29, 0.717) is 32.6 Å². The number of hydrogen-bond acceptors (Lipinski definition) is 6. The Bertz CT molecular complexity index is 333. The normalized spacial score (nSPS) is 24.4. The smallest absolute Gasteiger partial charge is 0.0930 e. The van der Waals surface area contributed by atoms with Crippen LogP contribution < -0.4 is 5.32 Å². The molecule has 0 spiro atoms. The zero-order valence-electron chi connectivity index (χ0n) is 13.3. The lowest BCUT2D eigenvalue weighted by atomic mass is 10.0. The average molecular weight is 312 g/mol. The molecule has 0 bridgehead atoms. The Kier molecular flexibility index (Phi) is 7.51. The van der Waals surface area contributed by atoms with Crippen molar-refractivity contribution in [1.29, 1.82) is 0 Å². The molecule has 1 saturated heterocycles. The summed E-state index contributed by atoms with van der Waals surface area (Å²) in [4.78, 5) is 24.1. The standard InChI is InChI=1S/C14H28N6O2/c21-16-19-10-9-18(13-20(17-22)12-15-11-19)14-7-5-3-1-2-4-6-8-14/h14-15H,1-13H2. The summed E-state index contributed by atoms with van der Waals surface area (Å²) in [6, 6.07) is 0.467. The molecule has 1 aliphatic heterocycles. The Morgan fingerprint density at radius 2 is 1.36 bits per heavy atom. The third-order valence-corrected chi connectivity index (χ3v) is 4.65. The van der Waals surface area contributed by atoms with Crippen LogP contribution in [0.3, 0.4) is 0 Å². The summed E-state index contributed by atoms with van der Waals surface area (Å²) in [5.74, 6) is 0. The van der Waals surface area contributed by atoms with Crippen LogP contribution in [0.2, 0.25) is 0 Å². The van der Waals surface area contributed by atoms with Gasteiger partial charge in [-0.15, -0.1) is 9.81 Å². The Balaban J connectivity index is 2.01. The van der Waals surface area contributed by atoms with Gasteiger partial charge < -0.3 is 0 Å². The largest absolute Gasteiger partial charge is 0.280 e. The van der Waals surface area contributed by atoms with Crippen molar-refractivity contribution in [3.05, 3.63) is 9.81 Å². The number of nitroso groups, excluding NO2 is 2. The Hall–Kier alpha value is -1.28. The van der Waals surface area contributed by atoms with Crippen molar-refractivity contribution >= 4 is 0 Å². The summed E-state index contributed by atoms with van der Waals surface area (Å²) in [6.07, 6.45) is 10.1. The third kappa shape index (κ3) is 5.49. The van der Waals surface area contributed by atoms with Crippen LogP contribution >= 0.6 is 0 Å². The zero-order chi connectivity index (χ0) is 15.6. The molecule has 0 aromatic heterocycles. The minimum Gasteiger partial charge on any atom is -0.280 e. The van der Waals surface area contributed by atoms with Crippen molar-refractivity contribution in [3.8, 4) is 0 Å². The van der Waals surface area contributed by atoms with E-state index < -0.39 is 0 Å². The number of rotatable bonds is 3. The van der Waals surface area contributed by atoms with Gasteiger partial charge in [-0.2, -0.15) is 0 Å². The maximum Gasteiger partial charge on any atom is 0.0930 e. The minimum absolute atomic E-state index is 0.346. The van der Waals surface area contributed by atoms with E-state index in [2.05, 4.69) is 20.8 Å². The van der Waals surface area contributed by atoms with E-state index in [0.717, 1.165) is 19.4 Å². The molecule has 1 heterocycles. The van der Waals surface area contributed by atoms with E-state index in [9.17, 15) is 9.81 Å². The highest BCUT2D eigenvalue weighted by molar-refractivity contribution is 4.75. The van der Waals surface area contributed by atoms with Gasteiger partial charge in [0.2, 0.25) is 0 Å². The van der Waals surface area contributed by atoms with Crippen molar-refractivity contribution in [2.24, 2.45) is 10.6 Å². The maximum atomic E-state index is 11.0. The molecule has 1 N–H and O–H groups in total. The molecule has 2 rings (SSSR count). The van der Waals surface area contributed by atoms with Crippen LogP contribution in [-0.2, 0) is 0 Å². The van der Waals surface area contributed by atoms with Gasteiger partial charge in [0.05, 0.1) is 37.1 Å². The highest BCUT2D eigenvalue weighted by Gasteiger charge is 2.23. The summed E-state index contributed by atoms with van der Waals surface area (Å²) in [5, 5.41) is 12.1. The molecule has 0 unspecified atom stereocenters. The molecule has 0 amide bonds. The Labute approximate surface area is 132 Å². The highest BCUT2D eigenvalue weighted by atomic mass is 16.3. The summed E-state index contributed by atoms with van der Waals surface area (Å²) in [6.45, 7) is 2.55. The molecule has 0 radical (unpaired) electrons. The first-order chi connectivity index (χ1) is 10.8. The molecule has 0 aromatic carbocycles. The van der Waals surface area contributed by atoms with Gasteiger partial charge >= 0.3 is 0 Å². The summed E-state index contributed by atoms with van der Waals surface area (Å²) in [7, 11) is 0. The van der Waals surface area contributed by atoms with Crippen molar-refractivity contribution in [1.82, 2.24) is 20.2 Å². The molecular formula is C14H28N6O2. The van der Waals surface area contributed by atoms with Gasteiger partial charge in [0.1, 0.15) is 0 Å². The molecule has 0 atom stereocenters. The van der Waals surface area contributed by atoms with Crippen LogP contribution in [0.5, 0.6) is 0 Å². The Morgan fingerprint density at radius 3 is 2.00 bits per heavy atom. The number of nitrogens with one attached hydrogen (secondary N) is 1. The van der Waals surface area contributed by atoms with E-state index in [1.165, 1.54) is 48.5 Å². The average Bonchev–Trinajstić information content (AvgIpc) is 2.74. The van der Waals surface area contributed by atoms with E-state index in [-0.39, 0.29) is 0 Å². The predicted molar refractivity (Wildman–Crippen MR) is 85.3 cm³/mol. The van der Waals surface area contributed by atoms with Gasteiger partial charge in [0.25, 0.3) is 0 Å². The predicted octanol–water partition coefficient (Wildman–Crippen LogP) is 2.23. The van der Waals surface area contributed by atoms with Gasteiger partial charge in [-0.05, 0) is 12.8 Å². The second kappa shape index (κ2) is 9.68. The van der Waals surface area contributed by atoms with Crippen LogP contribution in [0.15, 0.2) is 10.6 Å². The fourth-order valence-corrected chi connectivity index (χ4v) is 3.36. The van der Waals surface area contributed by atoms with E-state index >= 15 is 0 Å². The zero-order valence-corrected chi connectivity index (χ0v) is 13.3. The van der Waals surface area contributed by atoms with Gasteiger partial charge in [-0.3, -0.25) is 10.2 Å². The van der Waals surface area contributed by atoms with E-state index in [1.54, 1.807) is 0 Å². The second-order valence-electron chi connectivity index (χ2n) is 6.27. The van der Waals surface area contributed by atoms with Gasteiger partial charge in [-0.1, -0.05) is 38.5 Å². The lowest BCUT2D eigenvalue weighted by Crippen LogP contribution is -2.44. The van der Waals surface area contributed by atoms with Gasteiger partial charge in [0.15, 0.2) is 0 Å². The van der Waals surface area contributed by atoms with Gasteiger partial charge in [-0.25, -0.2) is 10.0 Å². The first-order valence-electron chi connectivity index (χ1n) is 8.44. The lowest BCUT2D eigenvalue weighted by molar-refractivity contribution is 0.0814. The fraction of sp³-hybridized carbons (Fsp3) is 1.00. The first-order valence-corrected chi connectivity index (χ1v) is 8.44. The monoisotopic (exact) mass is 312 g/mol. The molecule has 2 aliphatic rings. The molecule has 126 valence electrons. The SMILES string of the molecule is O=NN1CCN(C2CCCCCCCC2)CN(N=O)CNC1. The first kappa shape index (κ1) is 17.1. The summed E-state index contributed by atoms with van der Waals surface area (Å²) in [5.41, 5.74) is 0. The number of hydrogen-bond donors (Lipinski definition) is 1. The molecular weight excluding hydrogens is 284 g/mol.